The Bertz CT molecular complexity index is 884. The van der Waals surface area contributed by atoms with Crippen molar-refractivity contribution in [3.05, 3.63) is 64.7 Å². The normalized spacial score (nSPS) is 14.1. The van der Waals surface area contributed by atoms with Gasteiger partial charge >= 0.3 is 5.97 Å². The van der Waals surface area contributed by atoms with Crippen molar-refractivity contribution in [2.75, 3.05) is 13.2 Å². The summed E-state index contributed by atoms with van der Waals surface area (Å²) in [6.45, 7) is 3.51. The van der Waals surface area contributed by atoms with Gasteiger partial charge in [0.1, 0.15) is 17.3 Å². The summed E-state index contributed by atoms with van der Waals surface area (Å²) in [6, 6.07) is 8.95. The third kappa shape index (κ3) is 3.59. The number of fused-ring (bicyclic) bond motifs is 1. The van der Waals surface area contributed by atoms with E-state index in [1.165, 1.54) is 12.1 Å². The zero-order valence-corrected chi connectivity index (χ0v) is 14.4. The van der Waals surface area contributed by atoms with Crippen molar-refractivity contribution in [3.63, 3.8) is 0 Å². The number of ether oxygens (including phenoxy) is 3. The maximum Gasteiger partial charge on any atom is 0.344 e. The molecule has 1 heterocycles. The van der Waals surface area contributed by atoms with Crippen molar-refractivity contribution in [1.82, 2.24) is 0 Å². The molecule has 0 radical (unpaired) electrons. The second-order valence-electron chi connectivity index (χ2n) is 5.65. The van der Waals surface area contributed by atoms with Crippen LogP contribution in [0.5, 0.6) is 11.5 Å². The fraction of sp³-hybridized carbons (Fsp3) is 0.200. The number of benzene rings is 2. The Morgan fingerprint density at radius 1 is 1.19 bits per heavy atom. The summed E-state index contributed by atoms with van der Waals surface area (Å²) in [4.78, 5) is 23.9. The van der Waals surface area contributed by atoms with Crippen LogP contribution < -0.4 is 9.47 Å². The van der Waals surface area contributed by atoms with Crippen LogP contribution in [0, 0.1) is 12.7 Å². The third-order valence-corrected chi connectivity index (χ3v) is 3.86. The Balaban J connectivity index is 1.82. The van der Waals surface area contributed by atoms with E-state index in [-0.39, 0.29) is 30.6 Å². The van der Waals surface area contributed by atoms with Gasteiger partial charge < -0.3 is 14.2 Å². The first-order valence-electron chi connectivity index (χ1n) is 8.11. The van der Waals surface area contributed by atoms with E-state index in [4.69, 9.17) is 14.2 Å². The molecule has 6 heteroatoms. The fourth-order valence-electron chi connectivity index (χ4n) is 2.57. The molecule has 0 fully saturated rings. The van der Waals surface area contributed by atoms with Crippen LogP contribution in [0.4, 0.5) is 4.39 Å². The van der Waals surface area contributed by atoms with Gasteiger partial charge in [-0.2, -0.15) is 0 Å². The summed E-state index contributed by atoms with van der Waals surface area (Å²) >= 11 is 0. The summed E-state index contributed by atoms with van der Waals surface area (Å²) in [6.07, 6.45) is 1.56. The van der Waals surface area contributed by atoms with Crippen molar-refractivity contribution < 1.29 is 28.2 Å². The van der Waals surface area contributed by atoms with Gasteiger partial charge in [0.2, 0.25) is 5.78 Å². The van der Waals surface area contributed by atoms with Gasteiger partial charge in [0.25, 0.3) is 0 Å². The Morgan fingerprint density at radius 3 is 2.62 bits per heavy atom. The average Bonchev–Trinajstić information content (AvgIpc) is 2.94. The molecule has 0 spiro atoms. The Hall–Kier alpha value is -3.15. The lowest BCUT2D eigenvalue weighted by atomic mass is 10.1. The fourth-order valence-corrected chi connectivity index (χ4v) is 2.57. The highest BCUT2D eigenvalue weighted by atomic mass is 19.1. The summed E-state index contributed by atoms with van der Waals surface area (Å²) in [7, 11) is 0. The summed E-state index contributed by atoms with van der Waals surface area (Å²) in [5.41, 5.74) is 1.68. The standard InChI is InChI=1S/C20H17FO5/c1-3-24-18(22)11-25-16-9-8-15-19(23)17(26-20(15)12(16)2)10-13-4-6-14(21)7-5-13/h4-10H,3,11H2,1-2H3/b17-10-. The maximum atomic E-state index is 13.0. The van der Waals surface area contributed by atoms with Crippen LogP contribution in [-0.4, -0.2) is 25.0 Å². The molecule has 5 nitrogen and oxygen atoms in total. The molecule has 2 aromatic carbocycles. The van der Waals surface area contributed by atoms with Crippen LogP contribution in [0.1, 0.15) is 28.4 Å². The van der Waals surface area contributed by atoms with Gasteiger partial charge in [0.05, 0.1) is 12.2 Å². The highest BCUT2D eigenvalue weighted by Gasteiger charge is 2.30. The van der Waals surface area contributed by atoms with Gasteiger partial charge in [-0.15, -0.1) is 0 Å². The van der Waals surface area contributed by atoms with Crippen molar-refractivity contribution in [3.8, 4) is 11.5 Å². The molecule has 134 valence electrons. The van der Waals surface area contributed by atoms with Gasteiger partial charge in [-0.25, -0.2) is 9.18 Å². The van der Waals surface area contributed by atoms with E-state index in [9.17, 15) is 14.0 Å². The molecule has 0 aromatic heterocycles. The van der Waals surface area contributed by atoms with Gasteiger partial charge in [0.15, 0.2) is 12.4 Å². The molecule has 3 rings (SSSR count). The molecule has 0 amide bonds. The molecule has 0 bridgehead atoms. The van der Waals surface area contributed by atoms with E-state index in [1.807, 2.05) is 0 Å². The zero-order chi connectivity index (χ0) is 18.7. The maximum absolute atomic E-state index is 13.0. The third-order valence-electron chi connectivity index (χ3n) is 3.86. The minimum Gasteiger partial charge on any atom is -0.481 e. The first kappa shape index (κ1) is 17.7. The van der Waals surface area contributed by atoms with Crippen molar-refractivity contribution in [1.29, 1.82) is 0 Å². The second kappa shape index (κ2) is 7.39. The van der Waals surface area contributed by atoms with Crippen molar-refractivity contribution in [2.45, 2.75) is 13.8 Å². The molecule has 0 saturated heterocycles. The molecule has 2 aromatic rings. The number of esters is 1. The number of hydrogen-bond acceptors (Lipinski definition) is 5. The highest BCUT2D eigenvalue weighted by Crippen LogP contribution is 2.39. The van der Waals surface area contributed by atoms with Crippen molar-refractivity contribution >= 4 is 17.8 Å². The lowest BCUT2D eigenvalue weighted by Crippen LogP contribution is -2.15. The molecule has 0 atom stereocenters. The smallest absolute Gasteiger partial charge is 0.344 e. The molecule has 0 unspecified atom stereocenters. The van der Waals surface area contributed by atoms with E-state index in [0.717, 1.165) is 0 Å². The van der Waals surface area contributed by atoms with Gasteiger partial charge in [-0.1, -0.05) is 12.1 Å². The van der Waals surface area contributed by atoms with Crippen LogP contribution in [-0.2, 0) is 9.53 Å². The molecule has 26 heavy (non-hydrogen) atoms. The van der Waals surface area contributed by atoms with Crippen LogP contribution in [0.15, 0.2) is 42.2 Å². The van der Waals surface area contributed by atoms with E-state index in [0.29, 0.717) is 28.2 Å². The van der Waals surface area contributed by atoms with Crippen LogP contribution in [0.3, 0.4) is 0 Å². The second-order valence-corrected chi connectivity index (χ2v) is 5.65. The molecule has 0 saturated carbocycles. The molecular formula is C20H17FO5. The predicted molar refractivity (Wildman–Crippen MR) is 92.6 cm³/mol. The first-order chi connectivity index (χ1) is 12.5. The number of halogens is 1. The zero-order valence-electron chi connectivity index (χ0n) is 14.4. The van der Waals surface area contributed by atoms with Gasteiger partial charge in [0, 0.05) is 5.56 Å². The highest BCUT2D eigenvalue weighted by molar-refractivity contribution is 6.14. The first-order valence-corrected chi connectivity index (χ1v) is 8.11. The topological polar surface area (TPSA) is 61.8 Å². The minimum absolute atomic E-state index is 0.150. The molecule has 0 N–H and O–H groups in total. The van der Waals surface area contributed by atoms with E-state index < -0.39 is 5.97 Å². The van der Waals surface area contributed by atoms with Crippen LogP contribution in [0.2, 0.25) is 0 Å². The van der Waals surface area contributed by atoms with Crippen LogP contribution >= 0.6 is 0 Å². The molecule has 1 aliphatic rings. The molecular weight excluding hydrogens is 339 g/mol. The summed E-state index contributed by atoms with van der Waals surface area (Å²) < 4.78 is 29.0. The largest absolute Gasteiger partial charge is 0.481 e. The number of Topliss-reactive ketones (excluding diaryl/α,β-unsaturated/α-hetero) is 1. The minimum atomic E-state index is -0.471. The van der Waals surface area contributed by atoms with Gasteiger partial charge in [-0.05, 0) is 49.8 Å². The van der Waals surface area contributed by atoms with E-state index >= 15 is 0 Å². The predicted octanol–water partition coefficient (Wildman–Crippen LogP) is 3.69. The van der Waals surface area contributed by atoms with E-state index in [1.54, 1.807) is 44.2 Å². The quantitative estimate of drug-likeness (QED) is 0.604. The molecule has 0 aliphatic carbocycles. The monoisotopic (exact) mass is 356 g/mol. The number of carbonyl (C=O) groups is 2. The summed E-state index contributed by atoms with van der Waals surface area (Å²) in [5, 5.41) is 0. The number of allylic oxidation sites excluding steroid dienone is 1. The average molecular weight is 356 g/mol. The number of carbonyl (C=O) groups excluding carboxylic acids is 2. The van der Waals surface area contributed by atoms with E-state index in [2.05, 4.69) is 0 Å². The SMILES string of the molecule is CCOC(=O)COc1ccc2c(c1C)O/C(=C\c1ccc(F)cc1)C2=O. The van der Waals surface area contributed by atoms with Gasteiger partial charge in [-0.3, -0.25) is 4.79 Å². The Labute approximate surface area is 150 Å². The number of rotatable bonds is 5. The number of hydrogen-bond donors (Lipinski definition) is 0. The lowest BCUT2D eigenvalue weighted by molar-refractivity contribution is -0.145. The Kier molecular flexibility index (Phi) is 5.02. The number of ketones is 1. The van der Waals surface area contributed by atoms with Crippen molar-refractivity contribution in [2.24, 2.45) is 0 Å². The summed E-state index contributed by atoms with van der Waals surface area (Å²) in [5.74, 6) is -0.103. The Morgan fingerprint density at radius 2 is 1.92 bits per heavy atom. The molecule has 1 aliphatic heterocycles. The van der Waals surface area contributed by atoms with Crippen LogP contribution in [0.25, 0.3) is 6.08 Å². The lowest BCUT2D eigenvalue weighted by Gasteiger charge is -2.10.